The number of anilines is 2. The number of rotatable bonds is 7. The van der Waals surface area contributed by atoms with Gasteiger partial charge in [-0.3, -0.25) is 9.59 Å². The highest BCUT2D eigenvalue weighted by Crippen LogP contribution is 2.36. The van der Waals surface area contributed by atoms with Crippen molar-refractivity contribution in [2.24, 2.45) is 5.92 Å². The van der Waals surface area contributed by atoms with Crippen LogP contribution in [0.5, 0.6) is 5.75 Å². The Morgan fingerprint density at radius 1 is 0.969 bits per heavy atom. The van der Waals surface area contributed by atoms with Crippen molar-refractivity contribution in [3.05, 3.63) is 81.7 Å². The van der Waals surface area contributed by atoms with Crippen molar-refractivity contribution in [2.45, 2.75) is 27.7 Å². The molecule has 0 atom stereocenters. The van der Waals surface area contributed by atoms with E-state index < -0.39 is 0 Å². The second-order valence-corrected chi connectivity index (χ2v) is 9.32. The summed E-state index contributed by atoms with van der Waals surface area (Å²) >= 11 is 1.44. The van der Waals surface area contributed by atoms with Crippen molar-refractivity contribution in [3.63, 3.8) is 0 Å². The molecule has 0 saturated heterocycles. The molecule has 0 unspecified atom stereocenters. The fourth-order valence-corrected chi connectivity index (χ4v) is 4.44. The molecule has 2 aromatic carbocycles. The topological polar surface area (TPSA) is 58.6 Å². The zero-order chi connectivity index (χ0) is 22.8. The minimum atomic E-state index is -0.367. The highest BCUT2D eigenvalue weighted by atomic mass is 32.1. The summed E-state index contributed by atoms with van der Waals surface area (Å²) < 4.78 is 5.73. The summed E-state index contributed by atoms with van der Waals surface area (Å²) in [5.74, 6) is 0.419. The van der Waals surface area contributed by atoms with Crippen LogP contribution in [-0.4, -0.2) is 18.4 Å². The molecule has 2 heterocycles. The van der Waals surface area contributed by atoms with Gasteiger partial charge < -0.3 is 10.1 Å². The van der Waals surface area contributed by atoms with E-state index in [1.54, 1.807) is 24.3 Å². The second-order valence-electron chi connectivity index (χ2n) is 8.37. The highest BCUT2D eigenvalue weighted by molar-refractivity contribution is 7.11. The molecule has 3 aromatic rings. The van der Waals surface area contributed by atoms with E-state index in [4.69, 9.17) is 4.74 Å². The van der Waals surface area contributed by atoms with Crippen molar-refractivity contribution < 1.29 is 14.3 Å². The van der Waals surface area contributed by atoms with Crippen LogP contribution < -0.4 is 15.0 Å². The molecule has 0 radical (unpaired) electrons. The summed E-state index contributed by atoms with van der Waals surface area (Å²) in [5.41, 5.74) is 4.15. The van der Waals surface area contributed by atoms with Gasteiger partial charge in [-0.05, 0) is 78.7 Å². The highest BCUT2D eigenvalue weighted by Gasteiger charge is 2.40. The average molecular weight is 447 g/mol. The van der Waals surface area contributed by atoms with Crippen LogP contribution in [0.4, 0.5) is 11.4 Å². The molecule has 0 bridgehead atoms. The maximum Gasteiger partial charge on any atom is 0.282 e. The first-order chi connectivity index (χ1) is 15.3. The third kappa shape index (κ3) is 4.46. The number of thiophene rings is 1. The lowest BCUT2D eigenvalue weighted by atomic mass is 10.1. The van der Waals surface area contributed by atoms with E-state index in [0.29, 0.717) is 35.2 Å². The molecule has 5 nitrogen and oxygen atoms in total. The van der Waals surface area contributed by atoms with Gasteiger partial charge in [0.25, 0.3) is 11.8 Å². The monoisotopic (exact) mass is 446 g/mol. The van der Waals surface area contributed by atoms with E-state index in [2.05, 4.69) is 25.2 Å². The number of hydrogen-bond acceptors (Lipinski definition) is 5. The Bertz CT molecular complexity index is 1160. The van der Waals surface area contributed by atoms with Crippen LogP contribution in [0.3, 0.4) is 0 Å². The fraction of sp³-hybridized carbons (Fsp3) is 0.231. The molecule has 0 saturated carbocycles. The predicted molar refractivity (Wildman–Crippen MR) is 130 cm³/mol. The predicted octanol–water partition coefficient (Wildman–Crippen LogP) is 5.80. The molecule has 0 fully saturated rings. The van der Waals surface area contributed by atoms with Crippen molar-refractivity contribution >= 4 is 40.1 Å². The maximum absolute atomic E-state index is 13.5. The minimum absolute atomic E-state index is 0.294. The Labute approximate surface area is 192 Å². The first-order valence-electron chi connectivity index (χ1n) is 10.6. The third-order valence-electron chi connectivity index (χ3n) is 5.02. The number of hydrogen-bond donors (Lipinski definition) is 1. The van der Waals surface area contributed by atoms with Crippen LogP contribution in [0.15, 0.2) is 65.7 Å². The first kappa shape index (κ1) is 21.8. The Kier molecular flexibility index (Phi) is 6.15. The smallest absolute Gasteiger partial charge is 0.282 e. The SMILES string of the molecule is Cc1cc(C)cc(NC2=C(c3cccs3)C(=O)N(c3ccc(OCC(C)C)cc3)C2=O)c1. The zero-order valence-electron chi connectivity index (χ0n) is 18.6. The summed E-state index contributed by atoms with van der Waals surface area (Å²) in [6.45, 7) is 8.78. The largest absolute Gasteiger partial charge is 0.493 e. The van der Waals surface area contributed by atoms with Gasteiger partial charge in [-0.1, -0.05) is 26.0 Å². The number of nitrogens with zero attached hydrogens (tertiary/aromatic N) is 1. The van der Waals surface area contributed by atoms with Gasteiger partial charge in [0, 0.05) is 10.6 Å². The molecule has 0 spiro atoms. The van der Waals surface area contributed by atoms with E-state index in [0.717, 1.165) is 21.7 Å². The normalized spacial score (nSPS) is 14.0. The maximum atomic E-state index is 13.5. The van der Waals surface area contributed by atoms with Gasteiger partial charge in [-0.2, -0.15) is 0 Å². The number of ether oxygens (including phenoxy) is 1. The van der Waals surface area contributed by atoms with E-state index in [1.165, 1.54) is 16.2 Å². The Balaban J connectivity index is 1.68. The molecule has 32 heavy (non-hydrogen) atoms. The van der Waals surface area contributed by atoms with Gasteiger partial charge in [-0.15, -0.1) is 11.3 Å². The molecule has 4 rings (SSSR count). The summed E-state index contributed by atoms with van der Waals surface area (Å²) in [6.07, 6.45) is 0. The van der Waals surface area contributed by atoms with Crippen LogP contribution in [0.2, 0.25) is 0 Å². The Morgan fingerprint density at radius 2 is 1.66 bits per heavy atom. The zero-order valence-corrected chi connectivity index (χ0v) is 19.5. The summed E-state index contributed by atoms with van der Waals surface area (Å²) in [7, 11) is 0. The quantitative estimate of drug-likeness (QED) is 0.466. The summed E-state index contributed by atoms with van der Waals surface area (Å²) in [4.78, 5) is 28.9. The number of nitrogens with one attached hydrogen (secondary N) is 1. The minimum Gasteiger partial charge on any atom is -0.493 e. The number of aryl methyl sites for hydroxylation is 2. The third-order valence-corrected chi connectivity index (χ3v) is 5.91. The van der Waals surface area contributed by atoms with Gasteiger partial charge in [0.2, 0.25) is 0 Å². The second kappa shape index (κ2) is 9.01. The van der Waals surface area contributed by atoms with Gasteiger partial charge in [-0.25, -0.2) is 4.90 Å². The lowest BCUT2D eigenvalue weighted by molar-refractivity contribution is -0.120. The van der Waals surface area contributed by atoms with E-state index in [1.807, 2.05) is 43.5 Å². The number of carbonyl (C=O) groups is 2. The van der Waals surface area contributed by atoms with Crippen molar-refractivity contribution in [1.29, 1.82) is 0 Å². The average Bonchev–Trinajstić information content (AvgIpc) is 3.33. The fourth-order valence-electron chi connectivity index (χ4n) is 3.68. The molecule has 1 aromatic heterocycles. The Morgan fingerprint density at radius 3 is 2.25 bits per heavy atom. The molecule has 6 heteroatoms. The van der Waals surface area contributed by atoms with Crippen LogP contribution in [-0.2, 0) is 9.59 Å². The molecule has 1 N–H and O–H groups in total. The molecule has 0 aliphatic carbocycles. The van der Waals surface area contributed by atoms with E-state index in [-0.39, 0.29) is 11.8 Å². The molecular formula is C26H26N2O3S. The molecule has 164 valence electrons. The van der Waals surface area contributed by atoms with Gasteiger partial charge in [0.15, 0.2) is 0 Å². The molecule has 1 aliphatic rings. The number of imide groups is 1. The summed E-state index contributed by atoms with van der Waals surface area (Å²) in [5, 5.41) is 5.14. The Hall–Kier alpha value is -3.38. The van der Waals surface area contributed by atoms with Crippen molar-refractivity contribution in [3.8, 4) is 5.75 Å². The van der Waals surface area contributed by atoms with Crippen molar-refractivity contribution in [1.82, 2.24) is 0 Å². The number of benzene rings is 2. The lowest BCUT2D eigenvalue weighted by Gasteiger charge is -2.16. The van der Waals surface area contributed by atoms with Crippen LogP contribution in [0.25, 0.3) is 5.57 Å². The van der Waals surface area contributed by atoms with Crippen LogP contribution >= 0.6 is 11.3 Å². The van der Waals surface area contributed by atoms with Gasteiger partial charge in [0.1, 0.15) is 11.4 Å². The van der Waals surface area contributed by atoms with Crippen molar-refractivity contribution in [2.75, 3.05) is 16.8 Å². The first-order valence-corrected chi connectivity index (χ1v) is 11.5. The van der Waals surface area contributed by atoms with Gasteiger partial charge in [0.05, 0.1) is 17.9 Å². The molecule has 1 aliphatic heterocycles. The van der Waals surface area contributed by atoms with E-state index >= 15 is 0 Å². The van der Waals surface area contributed by atoms with Crippen LogP contribution in [0, 0.1) is 19.8 Å². The number of amides is 2. The lowest BCUT2D eigenvalue weighted by Crippen LogP contribution is -2.32. The summed E-state index contributed by atoms with van der Waals surface area (Å²) in [6, 6.07) is 16.8. The van der Waals surface area contributed by atoms with Crippen LogP contribution in [0.1, 0.15) is 29.9 Å². The standard InChI is InChI=1S/C26H26N2O3S/c1-16(2)15-31-21-9-7-20(8-10-21)28-25(29)23(22-6-5-11-32-22)24(26(28)30)27-19-13-17(3)12-18(4)14-19/h5-14,16,27H,15H2,1-4H3. The number of carbonyl (C=O) groups excluding carboxylic acids is 2. The van der Waals surface area contributed by atoms with Gasteiger partial charge >= 0.3 is 0 Å². The molecular weight excluding hydrogens is 420 g/mol. The molecule has 2 amide bonds. The van der Waals surface area contributed by atoms with E-state index in [9.17, 15) is 9.59 Å².